The maximum Gasteiger partial charge on any atom is 0.142 e. The molecular formula is C16H26O6. The minimum absolute atomic E-state index is 0.00607. The van der Waals surface area contributed by atoms with Crippen molar-refractivity contribution in [2.24, 2.45) is 11.8 Å². The molecule has 6 nitrogen and oxygen atoms in total. The molecule has 0 amide bonds. The Hall–Kier alpha value is -0.790. The molecule has 0 aliphatic carbocycles. The van der Waals surface area contributed by atoms with Crippen LogP contribution in [0.5, 0.6) is 0 Å². The van der Waals surface area contributed by atoms with Gasteiger partial charge in [0.15, 0.2) is 0 Å². The molecule has 0 saturated carbocycles. The highest BCUT2D eigenvalue weighted by atomic mass is 16.6. The Balaban J connectivity index is 1.81. The molecule has 2 aliphatic heterocycles. The summed E-state index contributed by atoms with van der Waals surface area (Å²) in [6.45, 7) is 4.03. The van der Waals surface area contributed by atoms with Gasteiger partial charge in [0.1, 0.15) is 12.4 Å². The van der Waals surface area contributed by atoms with Gasteiger partial charge in [-0.25, -0.2) is 0 Å². The van der Waals surface area contributed by atoms with Gasteiger partial charge in [-0.05, 0) is 25.8 Å². The van der Waals surface area contributed by atoms with Crippen LogP contribution >= 0.6 is 0 Å². The van der Waals surface area contributed by atoms with Crippen molar-refractivity contribution in [1.82, 2.24) is 0 Å². The topological polar surface area (TPSA) is 99.5 Å². The fourth-order valence-electron chi connectivity index (χ4n) is 3.01. The summed E-state index contributed by atoms with van der Waals surface area (Å²) in [4.78, 5) is 10.2. The van der Waals surface area contributed by atoms with Crippen molar-refractivity contribution in [2.75, 3.05) is 6.61 Å². The smallest absolute Gasteiger partial charge is 0.142 e. The zero-order chi connectivity index (χ0) is 16.3. The quantitative estimate of drug-likeness (QED) is 0.349. The molecule has 2 aliphatic rings. The van der Waals surface area contributed by atoms with Crippen LogP contribution in [-0.2, 0) is 14.3 Å². The van der Waals surface area contributed by atoms with Crippen LogP contribution in [0, 0.1) is 11.8 Å². The van der Waals surface area contributed by atoms with Crippen molar-refractivity contribution in [3.63, 3.8) is 0 Å². The number of carbonyl (C=O) groups excluding carboxylic acids is 1. The Kier molecular flexibility index (Phi) is 6.11. The molecule has 3 N–H and O–H groups in total. The molecular weight excluding hydrogens is 288 g/mol. The van der Waals surface area contributed by atoms with E-state index in [1.807, 2.05) is 6.92 Å². The number of allylic oxidation sites excluding steroid dienone is 1. The molecule has 22 heavy (non-hydrogen) atoms. The van der Waals surface area contributed by atoms with E-state index in [1.165, 1.54) is 6.08 Å². The Morgan fingerprint density at radius 3 is 2.59 bits per heavy atom. The summed E-state index contributed by atoms with van der Waals surface area (Å²) >= 11 is 0. The number of aliphatic hydroxyl groups excluding tert-OH is 3. The van der Waals surface area contributed by atoms with Gasteiger partial charge in [-0.3, -0.25) is 4.79 Å². The van der Waals surface area contributed by atoms with Gasteiger partial charge in [0.2, 0.25) is 0 Å². The molecule has 0 bridgehead atoms. The average molecular weight is 314 g/mol. The van der Waals surface area contributed by atoms with E-state index >= 15 is 0 Å². The van der Waals surface area contributed by atoms with E-state index in [2.05, 4.69) is 0 Å². The molecule has 2 heterocycles. The van der Waals surface area contributed by atoms with Crippen molar-refractivity contribution >= 4 is 6.29 Å². The van der Waals surface area contributed by atoms with Crippen LogP contribution in [0.25, 0.3) is 0 Å². The van der Waals surface area contributed by atoms with Gasteiger partial charge in [-0.2, -0.15) is 0 Å². The summed E-state index contributed by atoms with van der Waals surface area (Å²) in [5.74, 6) is -0.129. The van der Waals surface area contributed by atoms with Gasteiger partial charge in [-0.1, -0.05) is 13.0 Å². The number of aldehydes is 1. The van der Waals surface area contributed by atoms with Gasteiger partial charge in [0, 0.05) is 11.8 Å². The van der Waals surface area contributed by atoms with Crippen molar-refractivity contribution < 1.29 is 29.6 Å². The molecule has 8 atom stereocenters. The standard InChI is InChI=1S/C16H26O6/c1-9(10(2)18)16-13(22-16)7-11-8-21-12(5-3-4-6-17)15(20)14(11)19/h3-4,6,9-16,18-20H,5,7-8H2,1-2H3/b4-3+/t9-,10-,11-,12-,13-,14+,15-,16-/m0/s1. The lowest BCUT2D eigenvalue weighted by molar-refractivity contribution is -0.164. The third-order valence-corrected chi connectivity index (χ3v) is 4.76. The highest BCUT2D eigenvalue weighted by Gasteiger charge is 2.48. The van der Waals surface area contributed by atoms with Crippen LogP contribution in [0.4, 0.5) is 0 Å². The lowest BCUT2D eigenvalue weighted by Crippen LogP contribution is -2.50. The van der Waals surface area contributed by atoms with Crippen LogP contribution < -0.4 is 0 Å². The maximum absolute atomic E-state index is 10.2. The Labute approximate surface area is 130 Å². The van der Waals surface area contributed by atoms with Crippen molar-refractivity contribution in [3.05, 3.63) is 12.2 Å². The summed E-state index contributed by atoms with van der Waals surface area (Å²) in [7, 11) is 0. The second-order valence-electron chi connectivity index (χ2n) is 6.39. The predicted molar refractivity (Wildman–Crippen MR) is 79.2 cm³/mol. The van der Waals surface area contributed by atoms with Gasteiger partial charge in [0.25, 0.3) is 0 Å². The Bertz CT molecular complexity index is 396. The Morgan fingerprint density at radius 2 is 1.95 bits per heavy atom. The zero-order valence-electron chi connectivity index (χ0n) is 13.0. The van der Waals surface area contributed by atoms with Crippen LogP contribution in [-0.4, -0.2) is 64.8 Å². The molecule has 2 rings (SSSR count). The fourth-order valence-corrected chi connectivity index (χ4v) is 3.01. The molecule has 126 valence electrons. The van der Waals surface area contributed by atoms with E-state index < -0.39 is 24.4 Å². The molecule has 0 aromatic heterocycles. The second kappa shape index (κ2) is 7.66. The van der Waals surface area contributed by atoms with E-state index in [-0.39, 0.29) is 24.0 Å². The number of epoxide rings is 1. The predicted octanol–water partition coefficient (Wildman–Crippen LogP) is 0.0428. The van der Waals surface area contributed by atoms with E-state index in [0.717, 1.165) is 0 Å². The molecule has 0 aromatic rings. The van der Waals surface area contributed by atoms with E-state index in [4.69, 9.17) is 9.47 Å². The van der Waals surface area contributed by atoms with Gasteiger partial charge in [-0.15, -0.1) is 0 Å². The second-order valence-corrected chi connectivity index (χ2v) is 6.39. The third-order valence-electron chi connectivity index (χ3n) is 4.76. The highest BCUT2D eigenvalue weighted by Crippen LogP contribution is 2.38. The SMILES string of the molecule is C[C@H]([C@@H]1O[C@H]1C[C@H]1CO[C@@H](C/C=C/C=O)[C@H](O)[C@@H]1O)[C@H](C)O. The number of hydrogen-bond acceptors (Lipinski definition) is 6. The summed E-state index contributed by atoms with van der Waals surface area (Å²) in [5, 5.41) is 29.9. The minimum atomic E-state index is -0.971. The number of hydrogen-bond donors (Lipinski definition) is 3. The first kappa shape index (κ1) is 17.6. The molecule has 2 fully saturated rings. The number of carbonyl (C=O) groups is 1. The normalized spacial score (nSPS) is 41.3. The molecule has 6 heteroatoms. The zero-order valence-corrected chi connectivity index (χ0v) is 13.0. The van der Waals surface area contributed by atoms with Gasteiger partial charge in [0.05, 0.1) is 37.1 Å². The largest absolute Gasteiger partial charge is 0.393 e. The molecule has 0 spiro atoms. The van der Waals surface area contributed by atoms with E-state index in [0.29, 0.717) is 25.7 Å². The molecule has 2 saturated heterocycles. The highest BCUT2D eigenvalue weighted by molar-refractivity contribution is 5.64. The first-order valence-electron chi connectivity index (χ1n) is 7.87. The summed E-state index contributed by atoms with van der Waals surface area (Å²) < 4.78 is 11.2. The van der Waals surface area contributed by atoms with Gasteiger partial charge < -0.3 is 24.8 Å². The van der Waals surface area contributed by atoms with Crippen molar-refractivity contribution in [1.29, 1.82) is 0 Å². The summed E-state index contributed by atoms with van der Waals surface area (Å²) in [6, 6.07) is 0. The number of aliphatic hydroxyl groups is 3. The minimum Gasteiger partial charge on any atom is -0.393 e. The monoisotopic (exact) mass is 314 g/mol. The Morgan fingerprint density at radius 1 is 1.23 bits per heavy atom. The van der Waals surface area contributed by atoms with E-state index in [1.54, 1.807) is 13.0 Å². The first-order valence-corrected chi connectivity index (χ1v) is 7.87. The third kappa shape index (κ3) is 4.14. The first-order chi connectivity index (χ1) is 10.5. The van der Waals surface area contributed by atoms with Crippen LogP contribution in [0.15, 0.2) is 12.2 Å². The molecule has 0 radical (unpaired) electrons. The average Bonchev–Trinajstić information content (AvgIpc) is 3.24. The summed E-state index contributed by atoms with van der Waals surface area (Å²) in [5.41, 5.74) is 0. The lowest BCUT2D eigenvalue weighted by Gasteiger charge is -2.37. The summed E-state index contributed by atoms with van der Waals surface area (Å²) in [6.07, 6.45) is 1.91. The molecule has 0 aromatic carbocycles. The van der Waals surface area contributed by atoms with E-state index in [9.17, 15) is 20.1 Å². The van der Waals surface area contributed by atoms with Crippen LogP contribution in [0.3, 0.4) is 0 Å². The van der Waals surface area contributed by atoms with Gasteiger partial charge >= 0.3 is 0 Å². The lowest BCUT2D eigenvalue weighted by atomic mass is 9.86. The van der Waals surface area contributed by atoms with Crippen LogP contribution in [0.2, 0.25) is 0 Å². The van der Waals surface area contributed by atoms with Crippen LogP contribution in [0.1, 0.15) is 26.7 Å². The van der Waals surface area contributed by atoms with Crippen molar-refractivity contribution in [3.8, 4) is 0 Å². The van der Waals surface area contributed by atoms with Crippen molar-refractivity contribution in [2.45, 2.75) is 63.3 Å². The number of rotatable bonds is 7. The number of ether oxygens (including phenoxy) is 2. The molecule has 0 unspecified atom stereocenters. The fraction of sp³-hybridized carbons (Fsp3) is 0.812. The maximum atomic E-state index is 10.2.